The van der Waals surface area contributed by atoms with Gasteiger partial charge in [-0.05, 0) is 53.6 Å². The molecular weight excluding hydrogens is 423 g/mol. The number of ether oxygens (including phenoxy) is 1. The summed E-state index contributed by atoms with van der Waals surface area (Å²) >= 11 is 0. The van der Waals surface area contributed by atoms with E-state index in [1.54, 1.807) is 54.9 Å². The molecule has 1 saturated heterocycles. The van der Waals surface area contributed by atoms with Gasteiger partial charge in [0.25, 0.3) is 11.7 Å². The first kappa shape index (κ1) is 22.0. The van der Waals surface area contributed by atoms with Gasteiger partial charge in [-0.15, -0.1) is 0 Å². The Hall–Kier alpha value is -4.26. The number of likely N-dealkylation sites (tertiary alicyclic amines) is 1. The number of nitrogens with zero attached hydrogens (tertiary/aromatic N) is 2. The van der Waals surface area contributed by atoms with Gasteiger partial charge in [0.1, 0.15) is 23.9 Å². The van der Waals surface area contributed by atoms with E-state index in [1.807, 2.05) is 0 Å². The average molecular weight is 444 g/mol. The summed E-state index contributed by atoms with van der Waals surface area (Å²) in [6.07, 6.45) is 4.82. The van der Waals surface area contributed by atoms with E-state index < -0.39 is 23.5 Å². The number of benzene rings is 2. The van der Waals surface area contributed by atoms with E-state index in [9.17, 15) is 19.1 Å². The van der Waals surface area contributed by atoms with Gasteiger partial charge < -0.3 is 14.7 Å². The molecule has 1 amide bonds. The number of aromatic nitrogens is 1. The maximum atomic E-state index is 13.6. The van der Waals surface area contributed by atoms with Crippen molar-refractivity contribution in [2.75, 3.05) is 6.61 Å². The van der Waals surface area contributed by atoms with Crippen LogP contribution in [-0.2, 0) is 16.1 Å². The van der Waals surface area contributed by atoms with Crippen molar-refractivity contribution < 1.29 is 23.8 Å². The first-order valence-electron chi connectivity index (χ1n) is 10.3. The molecule has 0 saturated carbocycles. The van der Waals surface area contributed by atoms with Gasteiger partial charge in [-0.25, -0.2) is 4.39 Å². The van der Waals surface area contributed by atoms with Crippen molar-refractivity contribution in [3.63, 3.8) is 0 Å². The lowest BCUT2D eigenvalue weighted by molar-refractivity contribution is -0.140. The monoisotopic (exact) mass is 444 g/mol. The SMILES string of the molecule is C=CCOc1ccc(C(O)=C2C(=O)C(=O)N(Cc3cccnc3)[C@@H]2c2ccc(F)cc2)cc1. The highest BCUT2D eigenvalue weighted by atomic mass is 19.1. The zero-order valence-corrected chi connectivity index (χ0v) is 17.6. The zero-order valence-electron chi connectivity index (χ0n) is 17.6. The van der Waals surface area contributed by atoms with E-state index >= 15 is 0 Å². The van der Waals surface area contributed by atoms with Crippen LogP contribution >= 0.6 is 0 Å². The van der Waals surface area contributed by atoms with Gasteiger partial charge in [-0.3, -0.25) is 14.6 Å². The molecule has 1 N–H and O–H groups in total. The van der Waals surface area contributed by atoms with Crippen LogP contribution < -0.4 is 4.74 Å². The summed E-state index contributed by atoms with van der Waals surface area (Å²) in [6, 6.07) is 14.6. The molecule has 3 aromatic rings. The van der Waals surface area contributed by atoms with Crippen LogP contribution in [0.3, 0.4) is 0 Å². The van der Waals surface area contributed by atoms with Crippen molar-refractivity contribution in [2.45, 2.75) is 12.6 Å². The summed E-state index contributed by atoms with van der Waals surface area (Å²) in [7, 11) is 0. The van der Waals surface area contributed by atoms with E-state index in [-0.39, 0.29) is 17.9 Å². The number of hydrogen-bond acceptors (Lipinski definition) is 5. The Kier molecular flexibility index (Phi) is 6.31. The van der Waals surface area contributed by atoms with Crippen LogP contribution in [0.1, 0.15) is 22.7 Å². The number of aliphatic hydroxyl groups excluding tert-OH is 1. The van der Waals surface area contributed by atoms with Crippen molar-refractivity contribution in [3.05, 3.63) is 114 Å². The molecule has 2 heterocycles. The highest BCUT2D eigenvalue weighted by molar-refractivity contribution is 6.46. The predicted octanol–water partition coefficient (Wildman–Crippen LogP) is 4.41. The molecule has 1 aliphatic heterocycles. The number of aliphatic hydroxyl groups is 1. The van der Waals surface area contributed by atoms with Crippen LogP contribution in [0.25, 0.3) is 5.76 Å². The van der Waals surface area contributed by atoms with Gasteiger partial charge in [-0.1, -0.05) is 30.9 Å². The maximum absolute atomic E-state index is 13.6. The number of ketones is 1. The lowest BCUT2D eigenvalue weighted by Gasteiger charge is -2.25. The minimum absolute atomic E-state index is 0.0599. The van der Waals surface area contributed by atoms with Crippen LogP contribution in [0.15, 0.2) is 91.3 Å². The first-order chi connectivity index (χ1) is 16.0. The second-order valence-electron chi connectivity index (χ2n) is 7.46. The molecule has 4 rings (SSSR count). The molecule has 7 heteroatoms. The highest BCUT2D eigenvalue weighted by Gasteiger charge is 2.46. The second-order valence-corrected chi connectivity index (χ2v) is 7.46. The van der Waals surface area contributed by atoms with Crippen molar-refractivity contribution in [3.8, 4) is 5.75 Å². The Morgan fingerprint density at radius 3 is 2.48 bits per heavy atom. The maximum Gasteiger partial charge on any atom is 0.295 e. The largest absolute Gasteiger partial charge is 0.507 e. The van der Waals surface area contributed by atoms with Crippen molar-refractivity contribution in [1.82, 2.24) is 9.88 Å². The number of carbonyl (C=O) groups excluding carboxylic acids is 2. The number of halogens is 1. The Balaban J connectivity index is 1.78. The van der Waals surface area contributed by atoms with Gasteiger partial charge in [0.15, 0.2) is 0 Å². The molecule has 1 fully saturated rings. The average Bonchev–Trinajstić information content (AvgIpc) is 3.08. The molecule has 0 aliphatic carbocycles. The third-order valence-electron chi connectivity index (χ3n) is 5.30. The van der Waals surface area contributed by atoms with E-state index in [0.717, 1.165) is 5.56 Å². The summed E-state index contributed by atoms with van der Waals surface area (Å²) in [6.45, 7) is 4.03. The third-order valence-corrected chi connectivity index (χ3v) is 5.30. The third kappa shape index (κ3) is 4.52. The van der Waals surface area contributed by atoms with Gasteiger partial charge in [-0.2, -0.15) is 0 Å². The smallest absolute Gasteiger partial charge is 0.295 e. The minimum Gasteiger partial charge on any atom is -0.507 e. The van der Waals surface area contributed by atoms with Gasteiger partial charge in [0.05, 0.1) is 11.6 Å². The van der Waals surface area contributed by atoms with E-state index in [2.05, 4.69) is 11.6 Å². The molecule has 1 aromatic heterocycles. The molecule has 166 valence electrons. The van der Waals surface area contributed by atoms with Crippen molar-refractivity contribution in [1.29, 1.82) is 0 Å². The molecule has 1 aliphatic rings. The van der Waals surface area contributed by atoms with Gasteiger partial charge in [0, 0.05) is 24.5 Å². The summed E-state index contributed by atoms with van der Waals surface area (Å²) < 4.78 is 19.0. The molecule has 33 heavy (non-hydrogen) atoms. The van der Waals surface area contributed by atoms with E-state index in [4.69, 9.17) is 4.74 Å². The molecule has 0 radical (unpaired) electrons. The molecule has 0 bridgehead atoms. The Morgan fingerprint density at radius 2 is 1.85 bits per heavy atom. The zero-order chi connectivity index (χ0) is 23.4. The number of rotatable bonds is 7. The standard InChI is InChI=1S/C26H21FN2O4/c1-2-14-33-21-11-7-19(8-12-21)24(30)22-23(18-5-9-20(27)10-6-18)29(26(32)25(22)31)16-17-4-3-13-28-15-17/h2-13,15,23,30H,1,14,16H2/t23-/m1/s1. The Morgan fingerprint density at radius 1 is 1.12 bits per heavy atom. The number of pyridine rings is 1. The fourth-order valence-corrected chi connectivity index (χ4v) is 3.74. The predicted molar refractivity (Wildman–Crippen MR) is 121 cm³/mol. The lowest BCUT2D eigenvalue weighted by atomic mass is 9.95. The molecule has 2 aromatic carbocycles. The first-order valence-corrected chi connectivity index (χ1v) is 10.3. The molecule has 0 spiro atoms. The number of carbonyl (C=O) groups is 2. The fraction of sp³-hybridized carbons (Fsp3) is 0.115. The molecule has 6 nitrogen and oxygen atoms in total. The number of hydrogen-bond donors (Lipinski definition) is 1. The molecule has 1 atom stereocenters. The quantitative estimate of drug-likeness (QED) is 0.253. The topological polar surface area (TPSA) is 79.7 Å². The summed E-state index contributed by atoms with van der Waals surface area (Å²) in [5.74, 6) is -1.75. The number of amides is 1. The van der Waals surface area contributed by atoms with Crippen LogP contribution in [0.4, 0.5) is 4.39 Å². The van der Waals surface area contributed by atoms with E-state index in [0.29, 0.717) is 23.5 Å². The van der Waals surface area contributed by atoms with Crippen LogP contribution in [0, 0.1) is 5.82 Å². The minimum atomic E-state index is -0.887. The summed E-state index contributed by atoms with van der Waals surface area (Å²) in [4.78, 5) is 31.5. The van der Waals surface area contributed by atoms with E-state index in [1.165, 1.54) is 29.2 Å². The van der Waals surface area contributed by atoms with Crippen LogP contribution in [0.2, 0.25) is 0 Å². The van der Waals surface area contributed by atoms with Crippen LogP contribution in [0.5, 0.6) is 5.75 Å². The normalized spacial score (nSPS) is 17.2. The lowest BCUT2D eigenvalue weighted by Crippen LogP contribution is -2.29. The molecular formula is C26H21FN2O4. The highest BCUT2D eigenvalue weighted by Crippen LogP contribution is 2.40. The number of Topliss-reactive ketones (excluding diaryl/α,β-unsaturated/α-hetero) is 1. The van der Waals surface area contributed by atoms with Gasteiger partial charge >= 0.3 is 0 Å². The van der Waals surface area contributed by atoms with Crippen LogP contribution in [-0.4, -0.2) is 33.3 Å². The van der Waals surface area contributed by atoms with Gasteiger partial charge in [0.2, 0.25) is 0 Å². The summed E-state index contributed by atoms with van der Waals surface area (Å²) in [5.41, 5.74) is 1.52. The van der Waals surface area contributed by atoms with Crippen molar-refractivity contribution >= 4 is 17.4 Å². The molecule has 0 unspecified atom stereocenters. The Bertz CT molecular complexity index is 1210. The Labute approximate surface area is 190 Å². The fourth-order valence-electron chi connectivity index (χ4n) is 3.74. The second kappa shape index (κ2) is 9.48. The van der Waals surface area contributed by atoms with Crippen molar-refractivity contribution in [2.24, 2.45) is 0 Å². The summed E-state index contributed by atoms with van der Waals surface area (Å²) in [5, 5.41) is 11.1.